The number of hydrogen-bond acceptors (Lipinski definition) is 7. The highest BCUT2D eigenvalue weighted by Crippen LogP contribution is 2.36. The highest BCUT2D eigenvalue weighted by atomic mass is 19.3. The van der Waals surface area contributed by atoms with Gasteiger partial charge in [0, 0.05) is 19.0 Å². The molecule has 1 aliphatic rings. The summed E-state index contributed by atoms with van der Waals surface area (Å²) in [6, 6.07) is 3.64. The average Bonchev–Trinajstić information content (AvgIpc) is 3.24. The smallest absolute Gasteiger partial charge is 0.346 e. The molecule has 1 aromatic carbocycles. The number of alkyl halides is 3. The molecule has 0 spiro atoms. The lowest BCUT2D eigenvalue weighted by Gasteiger charge is -2.20. The van der Waals surface area contributed by atoms with Crippen LogP contribution in [0.15, 0.2) is 18.2 Å². The van der Waals surface area contributed by atoms with Gasteiger partial charge in [0.2, 0.25) is 6.17 Å². The van der Waals surface area contributed by atoms with E-state index in [1.807, 2.05) is 0 Å². The second-order valence-corrected chi connectivity index (χ2v) is 6.90. The maximum atomic E-state index is 14.8. The van der Waals surface area contributed by atoms with Crippen molar-refractivity contribution in [3.8, 4) is 0 Å². The zero-order valence-electron chi connectivity index (χ0n) is 17.0. The van der Waals surface area contributed by atoms with Crippen molar-refractivity contribution in [1.29, 1.82) is 0 Å². The Hall–Kier alpha value is -2.79. The van der Waals surface area contributed by atoms with Crippen LogP contribution in [0.5, 0.6) is 0 Å². The lowest BCUT2D eigenvalue weighted by atomic mass is 10.0. The number of benzene rings is 1. The number of nitrogens with zero attached hydrogens (tertiary/aromatic N) is 2. The van der Waals surface area contributed by atoms with Gasteiger partial charge in [0.05, 0.1) is 31.5 Å². The molecule has 1 unspecified atom stereocenters. The number of rotatable bonds is 7. The predicted octanol–water partition coefficient (Wildman–Crippen LogP) is 3.88. The van der Waals surface area contributed by atoms with Crippen molar-refractivity contribution in [1.82, 2.24) is 9.97 Å². The molecule has 168 valence electrons. The van der Waals surface area contributed by atoms with Crippen LogP contribution in [0.1, 0.15) is 47.6 Å². The van der Waals surface area contributed by atoms with Crippen molar-refractivity contribution < 1.29 is 36.6 Å². The molecule has 1 N–H and O–H groups in total. The average molecular weight is 443 g/mol. The SMILES string of the molecule is COC(=O)C(F)c1nc(C)nc(NCc2cccc(C(C)(F)F)c2F)c1C1OCCO1. The Balaban J connectivity index is 2.00. The minimum atomic E-state index is -3.36. The Morgan fingerprint density at radius 3 is 2.61 bits per heavy atom. The summed E-state index contributed by atoms with van der Waals surface area (Å²) in [5.41, 5.74) is -1.11. The monoisotopic (exact) mass is 443 g/mol. The first-order valence-corrected chi connectivity index (χ1v) is 9.36. The number of ether oxygens (including phenoxy) is 3. The van der Waals surface area contributed by atoms with Crippen LogP contribution in [0.25, 0.3) is 0 Å². The number of carbonyl (C=O) groups is 1. The van der Waals surface area contributed by atoms with Gasteiger partial charge in [-0.1, -0.05) is 18.2 Å². The molecule has 0 saturated carbocycles. The van der Waals surface area contributed by atoms with E-state index in [0.29, 0.717) is 6.92 Å². The molecular formula is C20H21F4N3O4. The molecule has 31 heavy (non-hydrogen) atoms. The van der Waals surface area contributed by atoms with Gasteiger partial charge in [0.25, 0.3) is 5.92 Å². The van der Waals surface area contributed by atoms with E-state index in [0.717, 1.165) is 13.2 Å². The van der Waals surface area contributed by atoms with Crippen molar-refractivity contribution in [3.05, 3.63) is 52.2 Å². The molecular weight excluding hydrogens is 422 g/mol. The molecule has 2 heterocycles. The van der Waals surface area contributed by atoms with Gasteiger partial charge >= 0.3 is 5.97 Å². The van der Waals surface area contributed by atoms with Gasteiger partial charge < -0.3 is 19.5 Å². The van der Waals surface area contributed by atoms with Gasteiger partial charge in [-0.15, -0.1) is 0 Å². The lowest BCUT2D eigenvalue weighted by molar-refractivity contribution is -0.147. The molecule has 1 atom stereocenters. The van der Waals surface area contributed by atoms with E-state index in [9.17, 15) is 22.4 Å². The first-order chi connectivity index (χ1) is 14.6. The first kappa shape index (κ1) is 22.9. The second-order valence-electron chi connectivity index (χ2n) is 6.90. The van der Waals surface area contributed by atoms with Crippen LogP contribution in [-0.4, -0.2) is 36.3 Å². The second kappa shape index (κ2) is 9.15. The van der Waals surface area contributed by atoms with E-state index in [1.54, 1.807) is 0 Å². The maximum Gasteiger partial charge on any atom is 0.346 e. The standard InChI is InChI=1S/C20H21F4N3O4/c1-10-26-16(15(22)18(28)29-3)13(19-30-7-8-31-19)17(27-10)25-9-11-5-4-6-12(14(11)21)20(2,23)24/h4-6,15,19H,7-9H2,1-3H3,(H,25,26,27). The Bertz CT molecular complexity index is 962. The molecule has 1 aliphatic heterocycles. The number of esters is 1. The Labute approximate surface area is 175 Å². The van der Waals surface area contributed by atoms with Crippen molar-refractivity contribution in [2.75, 3.05) is 25.6 Å². The summed E-state index contributed by atoms with van der Waals surface area (Å²) < 4.78 is 71.9. The third kappa shape index (κ3) is 4.93. The summed E-state index contributed by atoms with van der Waals surface area (Å²) >= 11 is 0. The molecule has 3 rings (SSSR count). The third-order valence-electron chi connectivity index (χ3n) is 4.59. The molecule has 0 bridgehead atoms. The third-order valence-corrected chi connectivity index (χ3v) is 4.59. The number of anilines is 1. The van der Waals surface area contributed by atoms with Gasteiger partial charge in [-0.3, -0.25) is 0 Å². The molecule has 1 fully saturated rings. The molecule has 11 heteroatoms. The summed E-state index contributed by atoms with van der Waals surface area (Å²) in [6.45, 7) is 2.26. The number of aryl methyl sites for hydroxylation is 1. The van der Waals surface area contributed by atoms with Crippen molar-refractivity contribution >= 4 is 11.8 Å². The van der Waals surface area contributed by atoms with Crippen LogP contribution < -0.4 is 5.32 Å². The minimum absolute atomic E-state index is 0.0124. The van der Waals surface area contributed by atoms with Gasteiger partial charge in [-0.05, 0) is 6.92 Å². The number of carbonyl (C=O) groups excluding carboxylic acids is 1. The molecule has 7 nitrogen and oxygen atoms in total. The number of methoxy groups -OCH3 is 1. The Morgan fingerprint density at radius 1 is 1.32 bits per heavy atom. The normalized spacial score (nSPS) is 15.7. The molecule has 1 saturated heterocycles. The summed E-state index contributed by atoms with van der Waals surface area (Å²) in [5.74, 6) is -5.47. The minimum Gasteiger partial charge on any atom is -0.467 e. The zero-order valence-corrected chi connectivity index (χ0v) is 17.0. The van der Waals surface area contributed by atoms with Crippen molar-refractivity contribution in [3.63, 3.8) is 0 Å². The molecule has 2 aromatic rings. The summed E-state index contributed by atoms with van der Waals surface area (Å²) in [7, 11) is 1.03. The number of halogens is 4. The fourth-order valence-corrected chi connectivity index (χ4v) is 3.14. The molecule has 0 amide bonds. The van der Waals surface area contributed by atoms with E-state index in [4.69, 9.17) is 9.47 Å². The van der Waals surface area contributed by atoms with Gasteiger partial charge in [-0.25, -0.2) is 32.3 Å². The van der Waals surface area contributed by atoms with E-state index < -0.39 is 35.7 Å². The van der Waals surface area contributed by atoms with Crippen LogP contribution in [0, 0.1) is 12.7 Å². The van der Waals surface area contributed by atoms with E-state index in [-0.39, 0.29) is 48.2 Å². The summed E-state index contributed by atoms with van der Waals surface area (Å²) in [4.78, 5) is 20.0. The Morgan fingerprint density at radius 2 is 2.00 bits per heavy atom. The van der Waals surface area contributed by atoms with Gasteiger partial charge in [0.15, 0.2) is 6.29 Å². The van der Waals surface area contributed by atoms with Gasteiger partial charge in [0.1, 0.15) is 23.2 Å². The highest BCUT2D eigenvalue weighted by Gasteiger charge is 2.34. The summed E-state index contributed by atoms with van der Waals surface area (Å²) in [5, 5.41) is 2.80. The summed E-state index contributed by atoms with van der Waals surface area (Å²) in [6.07, 6.45) is -3.31. The highest BCUT2D eigenvalue weighted by molar-refractivity contribution is 5.76. The van der Waals surface area contributed by atoms with Crippen LogP contribution in [-0.2, 0) is 31.5 Å². The predicted molar refractivity (Wildman–Crippen MR) is 101 cm³/mol. The van der Waals surface area contributed by atoms with Crippen LogP contribution in [0.4, 0.5) is 23.4 Å². The number of aromatic nitrogens is 2. The molecule has 0 aliphatic carbocycles. The number of nitrogens with one attached hydrogen (secondary N) is 1. The van der Waals surface area contributed by atoms with Crippen molar-refractivity contribution in [2.24, 2.45) is 0 Å². The fourth-order valence-electron chi connectivity index (χ4n) is 3.14. The first-order valence-electron chi connectivity index (χ1n) is 9.36. The molecule has 1 aromatic heterocycles. The quantitative estimate of drug-likeness (QED) is 0.514. The van der Waals surface area contributed by atoms with E-state index in [2.05, 4.69) is 20.0 Å². The maximum absolute atomic E-state index is 14.8. The van der Waals surface area contributed by atoms with Crippen LogP contribution >= 0.6 is 0 Å². The number of hydrogen-bond donors (Lipinski definition) is 1. The molecule has 0 radical (unpaired) electrons. The zero-order chi connectivity index (χ0) is 22.8. The van der Waals surface area contributed by atoms with Crippen molar-refractivity contribution in [2.45, 2.75) is 38.8 Å². The lowest BCUT2D eigenvalue weighted by Crippen LogP contribution is -2.20. The fraction of sp³-hybridized carbons (Fsp3) is 0.450. The van der Waals surface area contributed by atoms with E-state index >= 15 is 0 Å². The van der Waals surface area contributed by atoms with Gasteiger partial charge in [-0.2, -0.15) is 0 Å². The topological polar surface area (TPSA) is 82.6 Å². The van der Waals surface area contributed by atoms with E-state index in [1.165, 1.54) is 19.1 Å². The van der Waals surface area contributed by atoms with Crippen LogP contribution in [0.3, 0.4) is 0 Å². The largest absolute Gasteiger partial charge is 0.467 e. The van der Waals surface area contributed by atoms with Crippen LogP contribution in [0.2, 0.25) is 0 Å². The Kier molecular flexibility index (Phi) is 6.75.